The smallest absolute Gasteiger partial charge is 0.261 e. The van der Waals surface area contributed by atoms with Gasteiger partial charge in [0, 0.05) is 16.6 Å². The molecule has 178 valence electrons. The number of nitrogens with zero attached hydrogens (tertiary/aromatic N) is 1. The topological polar surface area (TPSA) is 81.7 Å². The van der Waals surface area contributed by atoms with Crippen LogP contribution in [0.3, 0.4) is 0 Å². The zero-order chi connectivity index (χ0) is 24.9. The molecule has 0 aliphatic heterocycles. The van der Waals surface area contributed by atoms with Gasteiger partial charge in [-0.05, 0) is 60.7 Å². The Labute approximate surface area is 210 Å². The number of hydrogen-bond donors (Lipinski definition) is 2. The molecule has 1 amide bonds. The highest BCUT2D eigenvalue weighted by molar-refractivity contribution is 7.80. The Morgan fingerprint density at radius 2 is 1.80 bits per heavy atom. The second-order valence-electron chi connectivity index (χ2n) is 7.17. The minimum atomic E-state index is -0.543. The van der Waals surface area contributed by atoms with Crippen molar-refractivity contribution in [3.8, 4) is 23.1 Å². The summed E-state index contributed by atoms with van der Waals surface area (Å²) >= 11 is 11.7. The Kier molecular flexibility index (Phi) is 7.28. The molecular weight excluding hydrogens is 493 g/mol. The van der Waals surface area contributed by atoms with Crippen LogP contribution in [0.5, 0.6) is 23.1 Å². The van der Waals surface area contributed by atoms with E-state index in [1.807, 2.05) is 24.3 Å². The number of carbonyl (C=O) groups is 1. The van der Waals surface area contributed by atoms with Crippen molar-refractivity contribution in [2.75, 3.05) is 19.5 Å². The number of carbonyl (C=O) groups excluding carboxylic acids is 1. The quantitative estimate of drug-likeness (QED) is 0.309. The highest BCUT2D eigenvalue weighted by atomic mass is 35.5. The number of rotatable bonds is 6. The highest BCUT2D eigenvalue weighted by Crippen LogP contribution is 2.44. The van der Waals surface area contributed by atoms with Crippen LogP contribution in [-0.2, 0) is 0 Å². The third-order valence-corrected chi connectivity index (χ3v) is 5.38. The van der Waals surface area contributed by atoms with Gasteiger partial charge in [-0.25, -0.2) is 9.37 Å². The van der Waals surface area contributed by atoms with Crippen molar-refractivity contribution in [3.05, 3.63) is 83.1 Å². The predicted molar refractivity (Wildman–Crippen MR) is 136 cm³/mol. The molecule has 0 aliphatic rings. The number of nitrogens with one attached hydrogen (secondary N) is 2. The average Bonchev–Trinajstić information content (AvgIpc) is 2.85. The molecule has 35 heavy (non-hydrogen) atoms. The molecule has 0 unspecified atom stereocenters. The number of methoxy groups -OCH3 is 2. The first-order valence-electron chi connectivity index (χ1n) is 10.3. The second kappa shape index (κ2) is 10.5. The van der Waals surface area contributed by atoms with Gasteiger partial charge < -0.3 is 19.5 Å². The molecule has 4 rings (SSSR count). The summed E-state index contributed by atoms with van der Waals surface area (Å²) in [5, 5.41) is 6.38. The molecule has 0 radical (unpaired) electrons. The third-order valence-electron chi connectivity index (χ3n) is 4.88. The largest absolute Gasteiger partial charge is 0.489 e. The molecular formula is C25H19ClFN3O4S. The molecule has 0 bridgehead atoms. The van der Waals surface area contributed by atoms with Crippen LogP contribution < -0.4 is 24.8 Å². The van der Waals surface area contributed by atoms with Crippen molar-refractivity contribution >= 4 is 51.4 Å². The number of anilines is 1. The van der Waals surface area contributed by atoms with Crippen molar-refractivity contribution in [2.24, 2.45) is 0 Å². The fraction of sp³-hybridized carbons (Fsp3) is 0.0800. The summed E-state index contributed by atoms with van der Waals surface area (Å²) in [5.74, 6) is 0.286. The molecule has 0 aliphatic carbocycles. The van der Waals surface area contributed by atoms with Crippen LogP contribution >= 0.6 is 23.8 Å². The normalized spacial score (nSPS) is 10.5. The number of halogens is 2. The third kappa shape index (κ3) is 5.42. The Morgan fingerprint density at radius 1 is 1.00 bits per heavy atom. The fourth-order valence-electron chi connectivity index (χ4n) is 3.30. The van der Waals surface area contributed by atoms with Gasteiger partial charge in [-0.2, -0.15) is 0 Å². The first-order valence-corrected chi connectivity index (χ1v) is 11.0. The van der Waals surface area contributed by atoms with E-state index in [4.69, 9.17) is 38.0 Å². The highest BCUT2D eigenvalue weighted by Gasteiger charge is 2.20. The van der Waals surface area contributed by atoms with Crippen LogP contribution in [0.2, 0.25) is 5.02 Å². The lowest BCUT2D eigenvalue weighted by Crippen LogP contribution is -2.34. The maximum Gasteiger partial charge on any atom is 0.261 e. The lowest BCUT2D eigenvalue weighted by molar-refractivity contribution is 0.0977. The van der Waals surface area contributed by atoms with Crippen molar-refractivity contribution in [1.29, 1.82) is 0 Å². The number of fused-ring (bicyclic) bond motifs is 1. The Balaban J connectivity index is 1.54. The molecule has 0 atom stereocenters. The number of thiocarbonyl (C=S) groups is 1. The van der Waals surface area contributed by atoms with Gasteiger partial charge in [0.15, 0.2) is 10.9 Å². The molecule has 1 heterocycles. The summed E-state index contributed by atoms with van der Waals surface area (Å²) in [6, 6.07) is 17.6. The number of amides is 1. The Hall–Kier alpha value is -3.95. The van der Waals surface area contributed by atoms with E-state index in [9.17, 15) is 9.18 Å². The van der Waals surface area contributed by atoms with Gasteiger partial charge in [0.25, 0.3) is 11.8 Å². The number of pyridine rings is 1. The SMILES string of the molecule is COc1nc2ccccc2c(Oc2ccc(NC(=S)NC(=O)c3cccc(F)c3)cc2Cl)c1OC. The van der Waals surface area contributed by atoms with E-state index >= 15 is 0 Å². The minimum absolute atomic E-state index is 0.0236. The summed E-state index contributed by atoms with van der Waals surface area (Å²) in [5.41, 5.74) is 1.31. The molecule has 7 nitrogen and oxygen atoms in total. The fourth-order valence-corrected chi connectivity index (χ4v) is 3.73. The van der Waals surface area contributed by atoms with Gasteiger partial charge in [0.05, 0.1) is 24.8 Å². The van der Waals surface area contributed by atoms with E-state index in [0.717, 1.165) is 6.07 Å². The number of ether oxygens (including phenoxy) is 3. The molecule has 3 aromatic carbocycles. The first kappa shape index (κ1) is 24.2. The molecule has 0 saturated heterocycles. The predicted octanol–water partition coefficient (Wildman–Crippen LogP) is 5.96. The number of aromatic nitrogens is 1. The van der Waals surface area contributed by atoms with Crippen LogP contribution in [0, 0.1) is 5.82 Å². The number of para-hydroxylation sites is 1. The summed E-state index contributed by atoms with van der Waals surface area (Å²) in [6.45, 7) is 0. The summed E-state index contributed by atoms with van der Waals surface area (Å²) < 4.78 is 30.3. The minimum Gasteiger partial charge on any atom is -0.489 e. The van der Waals surface area contributed by atoms with Gasteiger partial charge in [0.1, 0.15) is 11.6 Å². The van der Waals surface area contributed by atoms with Crippen molar-refractivity contribution < 1.29 is 23.4 Å². The van der Waals surface area contributed by atoms with E-state index in [1.54, 1.807) is 18.2 Å². The van der Waals surface area contributed by atoms with Crippen LogP contribution in [-0.4, -0.2) is 30.2 Å². The molecule has 0 spiro atoms. The van der Waals surface area contributed by atoms with E-state index in [1.165, 1.54) is 32.4 Å². The van der Waals surface area contributed by atoms with Gasteiger partial charge >= 0.3 is 0 Å². The van der Waals surface area contributed by atoms with Gasteiger partial charge in [-0.1, -0.05) is 29.8 Å². The molecule has 1 aromatic heterocycles. The van der Waals surface area contributed by atoms with Crippen LogP contribution in [0.15, 0.2) is 66.7 Å². The van der Waals surface area contributed by atoms with Crippen LogP contribution in [0.25, 0.3) is 10.9 Å². The maximum atomic E-state index is 13.4. The molecule has 0 fully saturated rings. The maximum absolute atomic E-state index is 13.4. The summed E-state index contributed by atoms with van der Waals surface area (Å²) in [6.07, 6.45) is 0. The van der Waals surface area contributed by atoms with Gasteiger partial charge in [0.2, 0.25) is 5.75 Å². The van der Waals surface area contributed by atoms with Crippen molar-refractivity contribution in [3.63, 3.8) is 0 Å². The zero-order valence-electron chi connectivity index (χ0n) is 18.6. The standard InChI is InChI=1S/C25H19ClFN3O4S/c1-32-22-21(17-8-3-4-9-19(17)29-24(22)33-2)34-20-11-10-16(13-18(20)26)28-25(35)30-23(31)14-6-5-7-15(27)12-14/h3-13H,1-2H3,(H2,28,30,31,35). The van der Waals surface area contributed by atoms with Crippen molar-refractivity contribution in [1.82, 2.24) is 10.3 Å². The van der Waals surface area contributed by atoms with E-state index in [2.05, 4.69) is 15.6 Å². The van der Waals surface area contributed by atoms with E-state index < -0.39 is 11.7 Å². The first-order chi connectivity index (χ1) is 16.9. The van der Waals surface area contributed by atoms with E-state index in [-0.39, 0.29) is 21.6 Å². The number of hydrogen-bond acceptors (Lipinski definition) is 6. The van der Waals surface area contributed by atoms with Gasteiger partial charge in [-0.15, -0.1) is 0 Å². The molecule has 4 aromatic rings. The molecule has 10 heteroatoms. The number of benzene rings is 3. The summed E-state index contributed by atoms with van der Waals surface area (Å²) in [7, 11) is 2.99. The van der Waals surface area contributed by atoms with Crippen LogP contribution in [0.1, 0.15) is 10.4 Å². The van der Waals surface area contributed by atoms with Crippen molar-refractivity contribution in [2.45, 2.75) is 0 Å². The van der Waals surface area contributed by atoms with Crippen LogP contribution in [0.4, 0.5) is 10.1 Å². The van der Waals surface area contributed by atoms with E-state index in [0.29, 0.717) is 33.8 Å². The lowest BCUT2D eigenvalue weighted by Gasteiger charge is -2.17. The average molecular weight is 512 g/mol. The molecule has 2 N–H and O–H groups in total. The second-order valence-corrected chi connectivity index (χ2v) is 7.98. The summed E-state index contributed by atoms with van der Waals surface area (Å²) in [4.78, 5) is 16.7. The lowest BCUT2D eigenvalue weighted by atomic mass is 10.2. The molecule has 0 saturated carbocycles. The monoisotopic (exact) mass is 511 g/mol. The Bertz CT molecular complexity index is 1430. The van der Waals surface area contributed by atoms with Gasteiger partial charge in [-0.3, -0.25) is 10.1 Å². The Morgan fingerprint density at radius 3 is 2.51 bits per heavy atom. The zero-order valence-corrected chi connectivity index (χ0v) is 20.2.